The van der Waals surface area contributed by atoms with Gasteiger partial charge in [-0.2, -0.15) is 0 Å². The molecular weight excluding hydrogens is 483 g/mol. The zero-order chi connectivity index (χ0) is 25.4. The van der Waals surface area contributed by atoms with Gasteiger partial charge in [-0.25, -0.2) is 4.39 Å². The van der Waals surface area contributed by atoms with E-state index in [4.69, 9.17) is 21.1 Å². The highest BCUT2D eigenvalue weighted by atomic mass is 35.5. The second-order valence-electron chi connectivity index (χ2n) is 8.74. The first-order valence-corrected chi connectivity index (χ1v) is 12.4. The van der Waals surface area contributed by atoms with Crippen LogP contribution >= 0.6 is 11.6 Å². The molecule has 5 rings (SSSR count). The van der Waals surface area contributed by atoms with Crippen LogP contribution in [0.4, 0.5) is 10.1 Å². The van der Waals surface area contributed by atoms with E-state index in [1.165, 1.54) is 12.1 Å². The topological polar surface area (TPSA) is 67.9 Å². The molecular formula is C28H26ClFN2O4. The molecule has 2 unspecified atom stereocenters. The van der Waals surface area contributed by atoms with Crippen LogP contribution in [0.3, 0.4) is 0 Å². The van der Waals surface area contributed by atoms with E-state index in [-0.39, 0.29) is 16.8 Å². The normalized spacial score (nSPS) is 18.1. The first-order valence-electron chi connectivity index (χ1n) is 12.0. The summed E-state index contributed by atoms with van der Waals surface area (Å²) in [5.74, 6) is -0.436. The van der Waals surface area contributed by atoms with Crippen LogP contribution < -0.4 is 14.8 Å². The molecule has 3 aromatic carbocycles. The van der Waals surface area contributed by atoms with E-state index in [1.54, 1.807) is 17.0 Å². The van der Waals surface area contributed by atoms with Gasteiger partial charge in [0.1, 0.15) is 5.82 Å². The number of ether oxygens (including phenoxy) is 2. The average Bonchev–Trinajstić information content (AvgIpc) is 2.86. The van der Waals surface area contributed by atoms with E-state index >= 15 is 0 Å². The molecule has 2 atom stereocenters. The van der Waals surface area contributed by atoms with Crippen molar-refractivity contribution < 1.29 is 23.5 Å². The smallest absolute Gasteiger partial charge is 0.254 e. The first kappa shape index (κ1) is 24.1. The highest BCUT2D eigenvalue weighted by Crippen LogP contribution is 2.48. The fraction of sp³-hybridized carbons (Fsp3) is 0.286. The summed E-state index contributed by atoms with van der Waals surface area (Å²) in [5.41, 5.74) is 3.30. The number of halogens is 2. The second-order valence-corrected chi connectivity index (χ2v) is 9.14. The van der Waals surface area contributed by atoms with Crippen molar-refractivity contribution >= 4 is 29.1 Å². The van der Waals surface area contributed by atoms with Gasteiger partial charge in [0.2, 0.25) is 5.91 Å². The third-order valence-corrected chi connectivity index (χ3v) is 6.97. The summed E-state index contributed by atoms with van der Waals surface area (Å²) in [5, 5.41) is 2.97. The largest absolute Gasteiger partial charge is 0.490 e. The van der Waals surface area contributed by atoms with Crippen molar-refractivity contribution in [1.29, 1.82) is 0 Å². The van der Waals surface area contributed by atoms with Gasteiger partial charge in [0.15, 0.2) is 11.5 Å². The van der Waals surface area contributed by atoms with Gasteiger partial charge in [-0.05, 0) is 73.4 Å². The summed E-state index contributed by atoms with van der Waals surface area (Å²) in [6.45, 7) is 5.20. The number of hydrogen-bond acceptors (Lipinski definition) is 4. The number of benzene rings is 3. The number of carbonyl (C=O) groups excluding carboxylic acids is 2. The highest BCUT2D eigenvalue weighted by Gasteiger charge is 2.46. The number of hydrogen-bond donors (Lipinski definition) is 1. The van der Waals surface area contributed by atoms with Crippen molar-refractivity contribution in [2.24, 2.45) is 0 Å². The minimum absolute atomic E-state index is 0.101. The lowest BCUT2D eigenvalue weighted by Crippen LogP contribution is -2.49. The molecule has 0 saturated carbocycles. The lowest BCUT2D eigenvalue weighted by Gasteiger charge is -2.45. The molecule has 2 heterocycles. The van der Waals surface area contributed by atoms with Crippen LogP contribution in [0.5, 0.6) is 11.5 Å². The Kier molecular flexibility index (Phi) is 6.58. The molecule has 0 aromatic heterocycles. The molecule has 0 fully saturated rings. The lowest BCUT2D eigenvalue weighted by molar-refractivity contribution is -0.119. The van der Waals surface area contributed by atoms with Crippen LogP contribution in [0.25, 0.3) is 0 Å². The maximum atomic E-state index is 13.9. The Labute approximate surface area is 214 Å². The third kappa shape index (κ3) is 4.17. The molecule has 2 aliphatic rings. The summed E-state index contributed by atoms with van der Waals surface area (Å²) in [7, 11) is 0. The van der Waals surface area contributed by atoms with Gasteiger partial charge in [0.05, 0.1) is 35.9 Å². The van der Waals surface area contributed by atoms with Gasteiger partial charge in [-0.3, -0.25) is 9.59 Å². The van der Waals surface area contributed by atoms with Crippen molar-refractivity contribution in [3.05, 3.63) is 87.7 Å². The molecule has 0 aliphatic carbocycles. The Hall–Kier alpha value is -3.58. The van der Waals surface area contributed by atoms with Crippen molar-refractivity contribution in [2.45, 2.75) is 32.2 Å². The van der Waals surface area contributed by atoms with Crippen molar-refractivity contribution in [3.8, 4) is 11.5 Å². The summed E-state index contributed by atoms with van der Waals surface area (Å²) < 4.78 is 25.3. The van der Waals surface area contributed by atoms with Gasteiger partial charge < -0.3 is 19.7 Å². The fourth-order valence-electron chi connectivity index (χ4n) is 5.16. The minimum atomic E-state index is -0.716. The average molecular weight is 509 g/mol. The highest BCUT2D eigenvalue weighted by molar-refractivity contribution is 6.33. The molecule has 0 radical (unpaired) electrons. The number of rotatable bonds is 6. The fourth-order valence-corrected chi connectivity index (χ4v) is 5.37. The standard InChI is InChI=1S/C28H26ClFN2O4/c1-3-35-23-13-16-11-12-32-26(20(16)15-24(23)36-4-2)25(18-7-5-6-8-19(18)28(32)34)27(33)31-22-10-9-17(30)14-21(22)29/h5-10,13-15,25-26H,3-4,11-12H2,1-2H3,(H,31,33). The first-order chi connectivity index (χ1) is 17.4. The van der Waals surface area contributed by atoms with Gasteiger partial charge in [0, 0.05) is 12.1 Å². The predicted molar refractivity (Wildman–Crippen MR) is 135 cm³/mol. The zero-order valence-corrected chi connectivity index (χ0v) is 20.8. The third-order valence-electron chi connectivity index (χ3n) is 6.66. The van der Waals surface area contributed by atoms with Crippen LogP contribution in [-0.2, 0) is 11.2 Å². The molecule has 0 spiro atoms. The van der Waals surface area contributed by atoms with Gasteiger partial charge in [-0.1, -0.05) is 29.8 Å². The SMILES string of the molecule is CCOc1cc2c(cc1OCC)C1C(C(=O)Nc3ccc(F)cc3Cl)c3ccccc3C(=O)N1CC2. The molecule has 3 aromatic rings. The number of amides is 2. The number of carbonyl (C=O) groups is 2. The molecule has 2 aliphatic heterocycles. The number of anilines is 1. The van der Waals surface area contributed by atoms with E-state index < -0.39 is 17.8 Å². The van der Waals surface area contributed by atoms with Gasteiger partial charge in [0.25, 0.3) is 5.91 Å². The Balaban J connectivity index is 1.64. The molecule has 1 N–H and O–H groups in total. The van der Waals surface area contributed by atoms with Gasteiger partial charge >= 0.3 is 0 Å². The zero-order valence-electron chi connectivity index (χ0n) is 20.0. The van der Waals surface area contributed by atoms with E-state index in [2.05, 4.69) is 5.32 Å². The van der Waals surface area contributed by atoms with E-state index in [0.29, 0.717) is 54.5 Å². The number of nitrogens with one attached hydrogen (secondary N) is 1. The second kappa shape index (κ2) is 9.82. The molecule has 6 nitrogen and oxygen atoms in total. The Bertz CT molecular complexity index is 1350. The Morgan fingerprint density at radius 2 is 1.78 bits per heavy atom. The number of nitrogens with zero attached hydrogens (tertiary/aromatic N) is 1. The van der Waals surface area contributed by atoms with E-state index in [9.17, 15) is 14.0 Å². The van der Waals surface area contributed by atoms with Crippen molar-refractivity contribution in [1.82, 2.24) is 4.90 Å². The Morgan fingerprint density at radius 3 is 2.50 bits per heavy atom. The van der Waals surface area contributed by atoms with Crippen molar-refractivity contribution in [2.75, 3.05) is 25.1 Å². The number of fused-ring (bicyclic) bond motifs is 4. The molecule has 0 saturated heterocycles. The molecule has 0 bridgehead atoms. The summed E-state index contributed by atoms with van der Waals surface area (Å²) in [6, 6.07) is 14.3. The molecule has 36 heavy (non-hydrogen) atoms. The Morgan fingerprint density at radius 1 is 1.06 bits per heavy atom. The quantitative estimate of drug-likeness (QED) is 0.460. The molecule has 2 amide bonds. The van der Waals surface area contributed by atoms with Crippen molar-refractivity contribution in [3.63, 3.8) is 0 Å². The van der Waals surface area contributed by atoms with E-state index in [0.717, 1.165) is 17.2 Å². The van der Waals surface area contributed by atoms with E-state index in [1.807, 2.05) is 38.1 Å². The van der Waals surface area contributed by atoms with Crippen LogP contribution in [0.1, 0.15) is 52.9 Å². The monoisotopic (exact) mass is 508 g/mol. The van der Waals surface area contributed by atoms with Crippen LogP contribution in [0.15, 0.2) is 54.6 Å². The summed E-state index contributed by atoms with van der Waals surface area (Å²) in [6.07, 6.45) is 0.629. The van der Waals surface area contributed by atoms with Crippen LogP contribution in [-0.4, -0.2) is 36.5 Å². The predicted octanol–water partition coefficient (Wildman–Crippen LogP) is 5.75. The summed E-state index contributed by atoms with van der Waals surface area (Å²) >= 11 is 6.21. The van der Waals surface area contributed by atoms with Crippen LogP contribution in [0, 0.1) is 5.82 Å². The molecule has 8 heteroatoms. The maximum Gasteiger partial charge on any atom is 0.254 e. The lowest BCUT2D eigenvalue weighted by atomic mass is 9.75. The van der Waals surface area contributed by atoms with Crippen LogP contribution in [0.2, 0.25) is 5.02 Å². The summed E-state index contributed by atoms with van der Waals surface area (Å²) in [4.78, 5) is 29.2. The van der Waals surface area contributed by atoms with Gasteiger partial charge in [-0.15, -0.1) is 0 Å². The maximum absolute atomic E-state index is 13.9. The minimum Gasteiger partial charge on any atom is -0.490 e. The molecule has 186 valence electrons.